The second-order valence-corrected chi connectivity index (χ2v) is 8.55. The zero-order chi connectivity index (χ0) is 19.3. The molecular formula is C20H25N3O3S. The Balaban J connectivity index is 1.70. The van der Waals surface area contributed by atoms with Gasteiger partial charge in [0.15, 0.2) is 9.84 Å². The Kier molecular flexibility index (Phi) is 6.13. The van der Waals surface area contributed by atoms with Gasteiger partial charge in [-0.3, -0.25) is 4.79 Å². The van der Waals surface area contributed by atoms with Crippen LogP contribution in [0.25, 0.3) is 0 Å². The normalized spacial score (nSPS) is 15.5. The van der Waals surface area contributed by atoms with Crippen molar-refractivity contribution in [2.75, 3.05) is 48.7 Å². The fourth-order valence-electron chi connectivity index (χ4n) is 3.23. The van der Waals surface area contributed by atoms with Crippen molar-refractivity contribution in [2.24, 2.45) is 0 Å². The molecule has 1 amide bonds. The highest BCUT2D eigenvalue weighted by molar-refractivity contribution is 7.92. The van der Waals surface area contributed by atoms with Crippen LogP contribution in [0.1, 0.15) is 6.92 Å². The van der Waals surface area contributed by atoms with Gasteiger partial charge in [-0.1, -0.05) is 37.3 Å². The Morgan fingerprint density at radius 1 is 0.963 bits per heavy atom. The maximum atomic E-state index is 12.4. The molecule has 0 aromatic heterocycles. The van der Waals surface area contributed by atoms with Gasteiger partial charge in [0.2, 0.25) is 5.91 Å². The summed E-state index contributed by atoms with van der Waals surface area (Å²) in [6, 6.07) is 15.6. The van der Waals surface area contributed by atoms with Gasteiger partial charge in [0.05, 0.1) is 16.3 Å². The molecule has 1 N–H and O–H groups in total. The van der Waals surface area contributed by atoms with Gasteiger partial charge in [-0.25, -0.2) is 8.42 Å². The van der Waals surface area contributed by atoms with Crippen LogP contribution in [0.4, 0.5) is 11.4 Å². The first kappa shape index (κ1) is 19.4. The third kappa shape index (κ3) is 4.87. The number of nitrogens with one attached hydrogen (secondary N) is 1. The minimum atomic E-state index is -3.66. The van der Waals surface area contributed by atoms with E-state index in [0.717, 1.165) is 38.4 Å². The molecule has 1 saturated heterocycles. The number of para-hydroxylation sites is 2. The number of carbonyl (C=O) groups excluding carboxylic acids is 1. The molecular weight excluding hydrogens is 362 g/mol. The van der Waals surface area contributed by atoms with Gasteiger partial charge in [0, 0.05) is 26.2 Å². The van der Waals surface area contributed by atoms with Crippen molar-refractivity contribution in [3.8, 4) is 0 Å². The average molecular weight is 388 g/mol. The molecule has 1 fully saturated rings. The van der Waals surface area contributed by atoms with Crippen LogP contribution in [0, 0.1) is 0 Å². The van der Waals surface area contributed by atoms with Crippen LogP contribution in [0.3, 0.4) is 0 Å². The van der Waals surface area contributed by atoms with Gasteiger partial charge >= 0.3 is 0 Å². The van der Waals surface area contributed by atoms with Crippen LogP contribution in [-0.2, 0) is 14.6 Å². The number of amides is 1. The van der Waals surface area contributed by atoms with Crippen molar-refractivity contribution < 1.29 is 13.2 Å². The van der Waals surface area contributed by atoms with E-state index in [9.17, 15) is 13.2 Å². The van der Waals surface area contributed by atoms with E-state index >= 15 is 0 Å². The van der Waals surface area contributed by atoms with E-state index in [1.807, 2.05) is 24.3 Å². The van der Waals surface area contributed by atoms with E-state index in [-0.39, 0.29) is 4.90 Å². The smallest absolute Gasteiger partial charge is 0.240 e. The minimum Gasteiger partial charge on any atom is -0.367 e. The number of anilines is 2. The van der Waals surface area contributed by atoms with Gasteiger partial charge in [0.1, 0.15) is 5.75 Å². The van der Waals surface area contributed by atoms with Crippen LogP contribution in [0.2, 0.25) is 0 Å². The molecule has 2 aromatic carbocycles. The predicted molar refractivity (Wildman–Crippen MR) is 108 cm³/mol. The van der Waals surface area contributed by atoms with Gasteiger partial charge < -0.3 is 15.1 Å². The van der Waals surface area contributed by atoms with E-state index < -0.39 is 21.5 Å². The van der Waals surface area contributed by atoms with Gasteiger partial charge in [-0.15, -0.1) is 0 Å². The predicted octanol–water partition coefficient (Wildman–Crippen LogP) is 2.24. The van der Waals surface area contributed by atoms with Gasteiger partial charge in [-0.2, -0.15) is 0 Å². The Morgan fingerprint density at radius 2 is 1.59 bits per heavy atom. The highest BCUT2D eigenvalue weighted by Crippen LogP contribution is 2.26. The van der Waals surface area contributed by atoms with Crippen LogP contribution in [0.15, 0.2) is 59.5 Å². The van der Waals surface area contributed by atoms with E-state index in [1.54, 1.807) is 18.2 Å². The lowest BCUT2D eigenvalue weighted by molar-refractivity contribution is -0.113. The first-order valence-electron chi connectivity index (χ1n) is 9.13. The zero-order valence-electron chi connectivity index (χ0n) is 15.5. The largest absolute Gasteiger partial charge is 0.367 e. The number of sulfone groups is 1. The molecule has 1 aliphatic rings. The molecule has 6 nitrogen and oxygen atoms in total. The summed E-state index contributed by atoms with van der Waals surface area (Å²) in [5, 5.41) is 2.79. The number of hydrogen-bond acceptors (Lipinski definition) is 5. The molecule has 0 unspecified atom stereocenters. The topological polar surface area (TPSA) is 69.7 Å². The van der Waals surface area contributed by atoms with Crippen molar-refractivity contribution in [3.05, 3.63) is 54.6 Å². The van der Waals surface area contributed by atoms with E-state index in [0.29, 0.717) is 5.69 Å². The SMILES string of the molecule is CCN1CCN(c2ccccc2NC(=O)CS(=O)(=O)c2ccccc2)CC1. The lowest BCUT2D eigenvalue weighted by Crippen LogP contribution is -2.46. The Labute approximate surface area is 160 Å². The maximum absolute atomic E-state index is 12.4. The summed E-state index contributed by atoms with van der Waals surface area (Å²) < 4.78 is 24.8. The monoisotopic (exact) mass is 387 g/mol. The summed E-state index contributed by atoms with van der Waals surface area (Å²) in [5.41, 5.74) is 1.58. The molecule has 0 spiro atoms. The van der Waals surface area contributed by atoms with Crippen LogP contribution in [0.5, 0.6) is 0 Å². The molecule has 0 atom stereocenters. The third-order valence-corrected chi connectivity index (χ3v) is 6.39. The minimum absolute atomic E-state index is 0.157. The number of rotatable bonds is 6. The number of likely N-dealkylation sites (N-methyl/N-ethyl adjacent to an activating group) is 1. The van der Waals surface area contributed by atoms with E-state index in [2.05, 4.69) is 22.0 Å². The molecule has 1 aliphatic heterocycles. The summed E-state index contributed by atoms with van der Waals surface area (Å²) in [7, 11) is -3.66. The van der Waals surface area contributed by atoms with Crippen LogP contribution in [-0.4, -0.2) is 57.7 Å². The van der Waals surface area contributed by atoms with Crippen molar-refractivity contribution in [2.45, 2.75) is 11.8 Å². The zero-order valence-corrected chi connectivity index (χ0v) is 16.3. The average Bonchev–Trinajstić information content (AvgIpc) is 2.69. The highest BCUT2D eigenvalue weighted by atomic mass is 32.2. The Bertz CT molecular complexity index is 876. The summed E-state index contributed by atoms with van der Waals surface area (Å²) >= 11 is 0. The fourth-order valence-corrected chi connectivity index (χ4v) is 4.39. The molecule has 144 valence electrons. The molecule has 0 aliphatic carbocycles. The molecule has 1 heterocycles. The third-order valence-electron chi connectivity index (χ3n) is 4.76. The van der Waals surface area contributed by atoms with Gasteiger partial charge in [-0.05, 0) is 30.8 Å². The maximum Gasteiger partial charge on any atom is 0.240 e. The first-order valence-corrected chi connectivity index (χ1v) is 10.8. The lowest BCUT2D eigenvalue weighted by Gasteiger charge is -2.36. The second-order valence-electron chi connectivity index (χ2n) is 6.56. The lowest BCUT2D eigenvalue weighted by atomic mass is 10.2. The number of benzene rings is 2. The molecule has 7 heteroatoms. The molecule has 27 heavy (non-hydrogen) atoms. The van der Waals surface area contributed by atoms with Crippen molar-refractivity contribution in [1.29, 1.82) is 0 Å². The number of nitrogens with zero attached hydrogens (tertiary/aromatic N) is 2. The Morgan fingerprint density at radius 3 is 2.26 bits per heavy atom. The van der Waals surface area contributed by atoms with Crippen molar-refractivity contribution in [3.63, 3.8) is 0 Å². The molecule has 3 rings (SSSR count). The van der Waals surface area contributed by atoms with E-state index in [1.165, 1.54) is 12.1 Å². The van der Waals surface area contributed by atoms with Gasteiger partial charge in [0.25, 0.3) is 0 Å². The summed E-state index contributed by atoms with van der Waals surface area (Å²) in [4.78, 5) is 17.2. The standard InChI is InChI=1S/C20H25N3O3S/c1-2-22-12-14-23(15-13-22)19-11-7-6-10-18(19)21-20(24)16-27(25,26)17-8-4-3-5-9-17/h3-11H,2,12-16H2,1H3,(H,21,24). The first-order chi connectivity index (χ1) is 13.0. The number of hydrogen-bond donors (Lipinski definition) is 1. The highest BCUT2D eigenvalue weighted by Gasteiger charge is 2.22. The summed E-state index contributed by atoms with van der Waals surface area (Å²) in [6.07, 6.45) is 0. The quantitative estimate of drug-likeness (QED) is 0.823. The molecule has 2 aromatic rings. The summed E-state index contributed by atoms with van der Waals surface area (Å²) in [6.45, 7) is 6.88. The number of carbonyl (C=O) groups is 1. The number of piperazine rings is 1. The Hall–Kier alpha value is -2.38. The van der Waals surface area contributed by atoms with Crippen LogP contribution < -0.4 is 10.2 Å². The van der Waals surface area contributed by atoms with E-state index in [4.69, 9.17) is 0 Å². The van der Waals surface area contributed by atoms with Crippen molar-refractivity contribution >= 4 is 27.1 Å². The van der Waals surface area contributed by atoms with Crippen LogP contribution >= 0.6 is 0 Å². The second kappa shape index (κ2) is 8.54. The van der Waals surface area contributed by atoms with Crippen molar-refractivity contribution in [1.82, 2.24) is 4.90 Å². The fraction of sp³-hybridized carbons (Fsp3) is 0.350. The summed E-state index contributed by atoms with van der Waals surface area (Å²) in [5.74, 6) is -1.10. The molecule has 0 saturated carbocycles. The molecule has 0 radical (unpaired) electrons. The molecule has 0 bridgehead atoms.